The van der Waals surface area contributed by atoms with E-state index < -0.39 is 5.97 Å². The van der Waals surface area contributed by atoms with Crippen molar-refractivity contribution < 1.29 is 24.2 Å². The van der Waals surface area contributed by atoms with Crippen molar-refractivity contribution in [3.63, 3.8) is 0 Å². The molecule has 0 unspecified atom stereocenters. The molecule has 6 aromatic rings. The zero-order valence-corrected chi connectivity index (χ0v) is 26.7. The van der Waals surface area contributed by atoms with Gasteiger partial charge in [-0.05, 0) is 108 Å². The highest BCUT2D eigenvalue weighted by Crippen LogP contribution is 2.40. The van der Waals surface area contributed by atoms with E-state index in [1.807, 2.05) is 89.6 Å². The van der Waals surface area contributed by atoms with Crippen LogP contribution in [-0.2, 0) is 4.79 Å². The Hall–Kier alpha value is -6.37. The number of hydrogen-bond donors (Lipinski definition) is 1. The molecule has 0 saturated carbocycles. The number of carboxylic acids is 1. The number of ketones is 1. The lowest BCUT2D eigenvalue weighted by molar-refractivity contribution is -0.132. The number of methoxy groups -OCH3 is 2. The summed E-state index contributed by atoms with van der Waals surface area (Å²) in [5, 5.41) is 18.2. The van der Waals surface area contributed by atoms with Crippen LogP contribution in [0.3, 0.4) is 0 Å². The summed E-state index contributed by atoms with van der Waals surface area (Å²) >= 11 is 1.36. The van der Waals surface area contributed by atoms with Crippen LogP contribution in [0.5, 0.6) is 11.5 Å². The second-order valence-corrected chi connectivity index (χ2v) is 12.1. The first-order valence-electron chi connectivity index (χ1n) is 14.9. The Kier molecular flexibility index (Phi) is 7.85. The van der Waals surface area contributed by atoms with Gasteiger partial charge in [-0.1, -0.05) is 18.2 Å². The fourth-order valence-electron chi connectivity index (χ4n) is 5.80. The number of nitriles is 1. The van der Waals surface area contributed by atoms with Crippen molar-refractivity contribution in [2.24, 2.45) is 0 Å². The molecule has 8 nitrogen and oxygen atoms in total. The molecule has 0 bridgehead atoms. The minimum absolute atomic E-state index is 0.0609. The van der Waals surface area contributed by atoms with Crippen molar-refractivity contribution in [3.8, 4) is 44.8 Å². The number of carbonyl (C=O) groups is 2. The van der Waals surface area contributed by atoms with E-state index in [-0.39, 0.29) is 11.4 Å². The first-order chi connectivity index (χ1) is 23.4. The fourth-order valence-corrected chi connectivity index (χ4v) is 6.74. The summed E-state index contributed by atoms with van der Waals surface area (Å²) in [6, 6.07) is 37.0. The summed E-state index contributed by atoms with van der Waals surface area (Å²) in [5.74, 6) is 0.226. The highest BCUT2D eigenvalue weighted by atomic mass is 32.1. The average Bonchev–Trinajstić information content (AvgIpc) is 3.84. The topological polar surface area (TPSA) is 105 Å². The standard InChI is InChI=1S/C39H27N3O5S/c1-46-31-12-8-29(9-13-31)42(30-10-14-32(47-2)15-11-30)28-6-3-24(4-7-28)27-21-36-38(43)34-20-25(5-17-35(34)41(36)23-27)37-18-16-33(48-37)19-26(22-40)39(44)45/h3-21,23H,1-2H3,(H,44,45)/b26-19-. The van der Waals surface area contributed by atoms with Crippen LogP contribution in [0.25, 0.3) is 33.3 Å². The number of rotatable bonds is 9. The van der Waals surface area contributed by atoms with Gasteiger partial charge in [-0.25, -0.2) is 4.79 Å². The molecule has 2 aromatic heterocycles. The molecule has 48 heavy (non-hydrogen) atoms. The third-order valence-corrected chi connectivity index (χ3v) is 9.30. The van der Waals surface area contributed by atoms with Gasteiger partial charge in [0, 0.05) is 44.1 Å². The molecule has 7 rings (SSSR count). The lowest BCUT2D eigenvalue weighted by Crippen LogP contribution is -2.09. The summed E-state index contributed by atoms with van der Waals surface area (Å²) in [7, 11) is 3.30. The maximum Gasteiger partial charge on any atom is 0.346 e. The molecule has 0 saturated heterocycles. The summed E-state index contributed by atoms with van der Waals surface area (Å²) in [4.78, 5) is 28.5. The maximum absolute atomic E-state index is 13.6. The van der Waals surface area contributed by atoms with Crippen molar-refractivity contribution in [1.82, 2.24) is 4.57 Å². The predicted octanol–water partition coefficient (Wildman–Crippen LogP) is 8.90. The number of thiophene rings is 1. The van der Waals surface area contributed by atoms with Crippen LogP contribution in [0.4, 0.5) is 17.1 Å². The van der Waals surface area contributed by atoms with Gasteiger partial charge in [-0.15, -0.1) is 11.3 Å². The molecule has 234 valence electrons. The summed E-state index contributed by atoms with van der Waals surface area (Å²) in [5.41, 5.74) is 7.34. The fraction of sp³-hybridized carbons (Fsp3) is 0.0513. The van der Waals surface area contributed by atoms with Gasteiger partial charge in [-0.2, -0.15) is 5.26 Å². The minimum Gasteiger partial charge on any atom is -0.497 e. The lowest BCUT2D eigenvalue weighted by atomic mass is 10.0. The third-order valence-electron chi connectivity index (χ3n) is 8.22. The smallest absolute Gasteiger partial charge is 0.346 e. The van der Waals surface area contributed by atoms with Crippen molar-refractivity contribution in [2.45, 2.75) is 0 Å². The van der Waals surface area contributed by atoms with Crippen LogP contribution in [0, 0.1) is 11.3 Å². The predicted molar refractivity (Wildman–Crippen MR) is 187 cm³/mol. The molecule has 0 atom stereocenters. The van der Waals surface area contributed by atoms with E-state index in [1.54, 1.807) is 26.4 Å². The minimum atomic E-state index is -1.27. The average molecular weight is 650 g/mol. The summed E-state index contributed by atoms with van der Waals surface area (Å²) < 4.78 is 12.7. The Morgan fingerprint density at radius 3 is 1.94 bits per heavy atom. The number of hydrogen-bond acceptors (Lipinski definition) is 7. The quantitative estimate of drug-likeness (QED) is 0.123. The van der Waals surface area contributed by atoms with Crippen LogP contribution in [-0.4, -0.2) is 35.6 Å². The van der Waals surface area contributed by atoms with Gasteiger partial charge in [0.15, 0.2) is 0 Å². The van der Waals surface area contributed by atoms with E-state index in [0.717, 1.165) is 55.8 Å². The molecule has 0 spiro atoms. The highest BCUT2D eigenvalue weighted by Gasteiger charge is 2.28. The molecule has 3 heterocycles. The van der Waals surface area contributed by atoms with E-state index in [4.69, 9.17) is 19.8 Å². The normalized spacial score (nSPS) is 11.9. The Labute approximate surface area is 280 Å². The summed E-state index contributed by atoms with van der Waals surface area (Å²) in [6.07, 6.45) is 3.34. The molecular weight excluding hydrogens is 623 g/mol. The van der Waals surface area contributed by atoms with Crippen molar-refractivity contribution in [3.05, 3.63) is 137 Å². The molecule has 1 aliphatic heterocycles. The number of carbonyl (C=O) groups excluding carboxylic acids is 1. The Bertz CT molecular complexity index is 2210. The van der Waals surface area contributed by atoms with Gasteiger partial charge < -0.3 is 24.0 Å². The Morgan fingerprint density at radius 2 is 1.38 bits per heavy atom. The van der Waals surface area contributed by atoms with Gasteiger partial charge in [0.05, 0.1) is 25.6 Å². The van der Waals surface area contributed by atoms with Crippen molar-refractivity contribution in [2.75, 3.05) is 19.1 Å². The number of carboxylic acid groups (broad SMARTS) is 1. The van der Waals surface area contributed by atoms with E-state index >= 15 is 0 Å². The molecule has 0 fully saturated rings. The molecule has 0 radical (unpaired) electrons. The highest BCUT2D eigenvalue weighted by molar-refractivity contribution is 7.16. The van der Waals surface area contributed by atoms with Crippen LogP contribution < -0.4 is 14.4 Å². The zero-order chi connectivity index (χ0) is 33.4. The Morgan fingerprint density at radius 1 is 0.792 bits per heavy atom. The van der Waals surface area contributed by atoms with Crippen LogP contribution in [0.15, 0.2) is 121 Å². The van der Waals surface area contributed by atoms with Gasteiger partial charge in [0.25, 0.3) is 0 Å². The molecule has 0 amide bonds. The van der Waals surface area contributed by atoms with Crippen LogP contribution in [0.1, 0.15) is 20.9 Å². The molecule has 4 aromatic carbocycles. The van der Waals surface area contributed by atoms with Crippen molar-refractivity contribution in [1.29, 1.82) is 5.26 Å². The summed E-state index contributed by atoms with van der Waals surface area (Å²) in [6.45, 7) is 0. The second-order valence-electron chi connectivity index (χ2n) is 11.0. The van der Waals surface area contributed by atoms with Gasteiger partial charge in [0.2, 0.25) is 5.78 Å². The number of aliphatic carboxylic acids is 1. The van der Waals surface area contributed by atoms with Gasteiger partial charge in [0.1, 0.15) is 23.1 Å². The lowest BCUT2D eigenvalue weighted by Gasteiger charge is -2.26. The first-order valence-corrected chi connectivity index (χ1v) is 15.7. The van der Waals surface area contributed by atoms with Gasteiger partial charge >= 0.3 is 5.97 Å². The largest absolute Gasteiger partial charge is 0.497 e. The SMILES string of the molecule is COc1ccc(N(c2ccc(OC)cc2)c2ccc(-c3cc4n(c3)-c3ccc(-c5ccc(/C=C(/C#N)C(=O)O)s5)cc3C4=O)cc2)cc1. The van der Waals surface area contributed by atoms with E-state index in [0.29, 0.717) is 16.1 Å². The van der Waals surface area contributed by atoms with E-state index in [2.05, 4.69) is 29.2 Å². The third kappa shape index (κ3) is 5.51. The maximum atomic E-state index is 13.6. The van der Waals surface area contributed by atoms with Gasteiger partial charge in [-0.3, -0.25) is 4.79 Å². The number of anilines is 3. The molecule has 1 aliphatic rings. The van der Waals surface area contributed by atoms with E-state index in [1.165, 1.54) is 17.4 Å². The number of aromatic nitrogens is 1. The number of benzene rings is 4. The first kappa shape index (κ1) is 30.3. The number of ether oxygens (including phenoxy) is 2. The van der Waals surface area contributed by atoms with Crippen molar-refractivity contribution >= 4 is 46.2 Å². The zero-order valence-electron chi connectivity index (χ0n) is 25.9. The van der Waals surface area contributed by atoms with Crippen LogP contribution in [0.2, 0.25) is 0 Å². The van der Waals surface area contributed by atoms with Crippen LogP contribution >= 0.6 is 11.3 Å². The Balaban J connectivity index is 1.17. The van der Waals surface area contributed by atoms with E-state index in [9.17, 15) is 9.59 Å². The monoisotopic (exact) mass is 649 g/mol. The molecular formula is C39H27N3O5S. The molecule has 9 heteroatoms. The number of nitrogens with zero attached hydrogens (tertiary/aromatic N) is 3. The molecule has 0 aliphatic carbocycles. The number of fused-ring (bicyclic) bond motifs is 3. The second kappa shape index (κ2) is 12.4. The molecule has 1 N–H and O–H groups in total.